The van der Waals surface area contributed by atoms with E-state index in [2.05, 4.69) is 15.2 Å². The summed E-state index contributed by atoms with van der Waals surface area (Å²) in [7, 11) is 1.43. The van der Waals surface area contributed by atoms with Gasteiger partial charge in [-0.3, -0.25) is 14.5 Å². The summed E-state index contributed by atoms with van der Waals surface area (Å²) in [6, 6.07) is 1.06. The summed E-state index contributed by atoms with van der Waals surface area (Å²) in [4.78, 5) is 31.2. The van der Waals surface area contributed by atoms with E-state index < -0.39 is 17.6 Å². The largest absolute Gasteiger partial charge is 0.417 e. The van der Waals surface area contributed by atoms with Gasteiger partial charge in [0, 0.05) is 45.0 Å². The van der Waals surface area contributed by atoms with Crippen molar-refractivity contribution in [2.45, 2.75) is 19.0 Å². The first-order valence-corrected chi connectivity index (χ1v) is 10.1. The summed E-state index contributed by atoms with van der Waals surface area (Å²) in [6.07, 6.45) is -3.58. The van der Waals surface area contributed by atoms with Crippen LogP contribution < -0.4 is 16.0 Å². The Morgan fingerprint density at radius 1 is 1.28 bits per heavy atom. The summed E-state index contributed by atoms with van der Waals surface area (Å²) in [5.41, 5.74) is 4.58. The van der Waals surface area contributed by atoms with Crippen LogP contribution in [0, 0.1) is 0 Å². The van der Waals surface area contributed by atoms with Crippen molar-refractivity contribution in [3.8, 4) is 0 Å². The number of hydrogen-bond acceptors (Lipinski definition) is 6. The fraction of sp³-hybridized carbons (Fsp3) is 0.500. The lowest BCUT2D eigenvalue weighted by Crippen LogP contribution is -2.47. The highest BCUT2D eigenvalue weighted by Gasteiger charge is 2.36. The molecule has 0 bridgehead atoms. The molecule has 29 heavy (non-hydrogen) atoms. The van der Waals surface area contributed by atoms with E-state index in [9.17, 15) is 22.8 Å². The van der Waals surface area contributed by atoms with Crippen LogP contribution >= 0.6 is 11.3 Å². The first-order chi connectivity index (χ1) is 13.7. The number of nitrogens with one attached hydrogen (secondary N) is 1. The Hall–Kier alpha value is -2.40. The average molecular weight is 429 g/mol. The summed E-state index contributed by atoms with van der Waals surface area (Å²) >= 11 is 0.870. The first-order valence-electron chi connectivity index (χ1n) is 9.18. The molecule has 3 rings (SSSR count). The van der Waals surface area contributed by atoms with Gasteiger partial charge < -0.3 is 16.0 Å². The molecular weight excluding hydrogens is 407 g/mol. The monoisotopic (exact) mass is 429 g/mol. The number of halogens is 3. The van der Waals surface area contributed by atoms with Crippen LogP contribution in [0.1, 0.15) is 28.8 Å². The number of carbonyl (C=O) groups is 2. The normalized spacial score (nSPS) is 15.7. The molecule has 3 N–H and O–H groups in total. The quantitative estimate of drug-likeness (QED) is 0.734. The summed E-state index contributed by atoms with van der Waals surface area (Å²) in [5.74, 6) is -0.595. The maximum absolute atomic E-state index is 13.6. The number of anilines is 1. The number of pyridine rings is 1. The van der Waals surface area contributed by atoms with Crippen LogP contribution in [0.25, 0.3) is 10.2 Å². The Bertz CT molecular complexity index is 907. The van der Waals surface area contributed by atoms with E-state index in [0.29, 0.717) is 45.6 Å². The van der Waals surface area contributed by atoms with E-state index in [-0.39, 0.29) is 27.5 Å². The lowest BCUT2D eigenvalue weighted by atomic mass is 10.1. The molecule has 2 aromatic rings. The molecule has 0 saturated carbocycles. The minimum absolute atomic E-state index is 0.0371. The van der Waals surface area contributed by atoms with Crippen LogP contribution in [0.5, 0.6) is 0 Å². The molecule has 0 aromatic carbocycles. The van der Waals surface area contributed by atoms with Crippen LogP contribution in [-0.4, -0.2) is 61.5 Å². The number of fused-ring (bicyclic) bond motifs is 1. The zero-order chi connectivity index (χ0) is 21.2. The maximum Gasteiger partial charge on any atom is 0.417 e. The number of piperazine rings is 1. The van der Waals surface area contributed by atoms with E-state index in [1.54, 1.807) is 4.90 Å². The second kappa shape index (κ2) is 8.54. The summed E-state index contributed by atoms with van der Waals surface area (Å²) in [6.45, 7) is 3.01. The maximum atomic E-state index is 13.6. The van der Waals surface area contributed by atoms with Crippen molar-refractivity contribution in [1.82, 2.24) is 15.2 Å². The Kier molecular flexibility index (Phi) is 6.27. The fourth-order valence-electron chi connectivity index (χ4n) is 3.34. The third kappa shape index (κ3) is 4.78. The third-order valence-electron chi connectivity index (χ3n) is 4.88. The molecule has 0 unspecified atom stereocenters. The highest BCUT2D eigenvalue weighted by molar-refractivity contribution is 7.17. The lowest BCUT2D eigenvalue weighted by molar-refractivity contribution is -0.136. The van der Waals surface area contributed by atoms with Gasteiger partial charge in [0.2, 0.25) is 5.91 Å². The Labute approximate surface area is 169 Å². The average Bonchev–Trinajstić information content (AvgIpc) is 3.10. The molecule has 2 amide bonds. The van der Waals surface area contributed by atoms with Crippen LogP contribution in [0.2, 0.25) is 0 Å². The van der Waals surface area contributed by atoms with Crippen LogP contribution in [0.3, 0.4) is 0 Å². The molecule has 0 radical (unpaired) electrons. The van der Waals surface area contributed by atoms with Crippen molar-refractivity contribution in [2.24, 2.45) is 5.73 Å². The van der Waals surface area contributed by atoms with Crippen molar-refractivity contribution < 1.29 is 22.8 Å². The van der Waals surface area contributed by atoms with Gasteiger partial charge in [0.05, 0.1) is 21.3 Å². The molecule has 1 saturated heterocycles. The van der Waals surface area contributed by atoms with Crippen molar-refractivity contribution in [3.05, 3.63) is 22.6 Å². The number of hydrogen-bond donors (Lipinski definition) is 2. The van der Waals surface area contributed by atoms with E-state index in [1.807, 2.05) is 0 Å². The van der Waals surface area contributed by atoms with Crippen molar-refractivity contribution in [3.63, 3.8) is 0 Å². The lowest BCUT2D eigenvalue weighted by Gasteiger charge is -2.35. The number of nitrogens with zero attached hydrogens (tertiary/aromatic N) is 3. The van der Waals surface area contributed by atoms with Crippen molar-refractivity contribution in [2.75, 3.05) is 44.7 Å². The molecule has 3 heterocycles. The summed E-state index contributed by atoms with van der Waals surface area (Å²) in [5, 5.41) is 3.85. The molecule has 0 aliphatic carbocycles. The number of rotatable bonds is 6. The highest BCUT2D eigenvalue weighted by Crippen LogP contribution is 2.40. The van der Waals surface area contributed by atoms with Crippen molar-refractivity contribution >= 4 is 39.2 Å². The third-order valence-corrected chi connectivity index (χ3v) is 5.88. The topological polar surface area (TPSA) is 91.6 Å². The molecule has 1 fully saturated rings. The van der Waals surface area contributed by atoms with Gasteiger partial charge in [0.15, 0.2) is 0 Å². The molecule has 2 aromatic heterocycles. The minimum atomic E-state index is -4.54. The number of amides is 2. The van der Waals surface area contributed by atoms with Gasteiger partial charge in [-0.05, 0) is 19.0 Å². The van der Waals surface area contributed by atoms with Gasteiger partial charge in [0.1, 0.15) is 5.82 Å². The van der Waals surface area contributed by atoms with Crippen LogP contribution in [0.4, 0.5) is 19.0 Å². The van der Waals surface area contributed by atoms with Gasteiger partial charge in [-0.2, -0.15) is 13.2 Å². The van der Waals surface area contributed by atoms with Crippen LogP contribution in [0.15, 0.2) is 11.4 Å². The van der Waals surface area contributed by atoms with E-state index in [0.717, 1.165) is 17.4 Å². The van der Waals surface area contributed by atoms with E-state index >= 15 is 0 Å². The number of aromatic nitrogens is 1. The molecule has 0 spiro atoms. The fourth-order valence-corrected chi connectivity index (χ4v) is 4.36. The molecular formula is C18H22F3N5O2S. The number of primary amides is 1. The second-order valence-electron chi connectivity index (χ2n) is 6.83. The van der Waals surface area contributed by atoms with Crippen LogP contribution in [-0.2, 0) is 11.0 Å². The number of nitrogens with two attached hydrogens (primary N) is 1. The molecule has 7 nitrogen and oxygen atoms in total. The predicted molar refractivity (Wildman–Crippen MR) is 105 cm³/mol. The zero-order valence-electron chi connectivity index (χ0n) is 15.9. The van der Waals surface area contributed by atoms with Gasteiger partial charge in [-0.25, -0.2) is 4.98 Å². The van der Waals surface area contributed by atoms with E-state index in [4.69, 9.17) is 5.73 Å². The zero-order valence-corrected chi connectivity index (χ0v) is 16.7. The number of alkyl halides is 3. The molecule has 0 atom stereocenters. The predicted octanol–water partition coefficient (Wildman–Crippen LogP) is 2.06. The van der Waals surface area contributed by atoms with Gasteiger partial charge in [-0.1, -0.05) is 0 Å². The molecule has 11 heteroatoms. The molecule has 1 aliphatic rings. The number of thiophene rings is 1. The SMILES string of the molecule is CNC(=O)c1csc2c(C(F)(F)F)cc(N3CCN(CCCC(N)=O)CC3)nc12. The van der Waals surface area contributed by atoms with Gasteiger partial charge in [-0.15, -0.1) is 11.3 Å². The van der Waals surface area contributed by atoms with E-state index in [1.165, 1.54) is 12.4 Å². The molecule has 158 valence electrons. The highest BCUT2D eigenvalue weighted by atomic mass is 32.1. The Morgan fingerprint density at radius 2 is 1.97 bits per heavy atom. The van der Waals surface area contributed by atoms with Crippen molar-refractivity contribution in [1.29, 1.82) is 0 Å². The smallest absolute Gasteiger partial charge is 0.370 e. The number of carbonyl (C=O) groups excluding carboxylic acids is 2. The van der Waals surface area contributed by atoms with Gasteiger partial charge >= 0.3 is 6.18 Å². The standard InChI is InChI=1S/C18H22F3N5O2S/c1-23-17(28)11-10-29-16-12(18(19,20)21)9-14(24-15(11)16)26-7-5-25(6-8-26)4-2-3-13(22)27/h9-10H,2-8H2,1H3,(H2,22,27)(H,23,28). The first kappa shape index (κ1) is 21.3. The second-order valence-corrected chi connectivity index (χ2v) is 7.71. The van der Waals surface area contributed by atoms with Gasteiger partial charge in [0.25, 0.3) is 5.91 Å². The molecule has 1 aliphatic heterocycles. The minimum Gasteiger partial charge on any atom is -0.370 e. The Balaban J connectivity index is 1.84. The summed E-state index contributed by atoms with van der Waals surface area (Å²) < 4.78 is 40.9. The Morgan fingerprint density at radius 3 is 2.55 bits per heavy atom.